The zero-order valence-corrected chi connectivity index (χ0v) is 17.6. The molecule has 1 aliphatic rings. The molecule has 1 aliphatic carbocycles. The van der Waals surface area contributed by atoms with Crippen molar-refractivity contribution in [3.63, 3.8) is 0 Å². The highest BCUT2D eigenvalue weighted by Gasteiger charge is 2.35. The third-order valence-corrected chi connectivity index (χ3v) is 5.79. The lowest BCUT2D eigenvalue weighted by Crippen LogP contribution is -3.00. The van der Waals surface area contributed by atoms with Crippen molar-refractivity contribution in [3.05, 3.63) is 76.9 Å². The fourth-order valence-corrected chi connectivity index (χ4v) is 4.54. The van der Waals surface area contributed by atoms with Crippen LogP contribution in [0.15, 0.2) is 60.7 Å². The highest BCUT2D eigenvalue weighted by Crippen LogP contribution is 2.43. The lowest BCUT2D eigenvalue weighted by atomic mass is 9.73. The molecule has 0 N–H and O–H groups in total. The van der Waals surface area contributed by atoms with Gasteiger partial charge in [0, 0.05) is 35.1 Å². The number of diazo groups is 1. The van der Waals surface area contributed by atoms with Crippen molar-refractivity contribution in [3.8, 4) is 11.1 Å². The Morgan fingerprint density at radius 3 is 2.40 bits per heavy atom. The third kappa shape index (κ3) is 3.12. The summed E-state index contributed by atoms with van der Waals surface area (Å²) in [6.07, 6.45) is 1.28. The first kappa shape index (κ1) is 20.0. The quantitative estimate of drug-likeness (QED) is 0.353. The van der Waals surface area contributed by atoms with Gasteiger partial charge in [0.05, 0.1) is 11.2 Å². The summed E-state index contributed by atoms with van der Waals surface area (Å²) in [5, 5.41) is 12.3. The Kier molecular flexibility index (Phi) is 4.80. The van der Waals surface area contributed by atoms with Gasteiger partial charge in [-0.25, -0.2) is 0 Å². The van der Waals surface area contributed by atoms with Crippen molar-refractivity contribution >= 4 is 33.1 Å². The molecule has 0 saturated heterocycles. The largest absolute Gasteiger partial charge is 1.00 e. The van der Waals surface area contributed by atoms with Crippen LogP contribution in [0.5, 0.6) is 0 Å². The van der Waals surface area contributed by atoms with Gasteiger partial charge in [-0.05, 0) is 46.4 Å². The maximum absolute atomic E-state index is 13.3. The van der Waals surface area contributed by atoms with Gasteiger partial charge in [0.1, 0.15) is 0 Å². The number of carbonyl (C=O) groups excluding carboxylic acids is 1. The van der Waals surface area contributed by atoms with E-state index in [1.807, 2.05) is 30.3 Å². The molecule has 3 aromatic carbocycles. The Morgan fingerprint density at radius 1 is 0.933 bits per heavy atom. The molecule has 1 aromatic heterocycles. The van der Waals surface area contributed by atoms with E-state index >= 15 is 0 Å². The van der Waals surface area contributed by atoms with Crippen molar-refractivity contribution in [2.75, 3.05) is 0 Å². The van der Waals surface area contributed by atoms with Crippen LogP contribution >= 0.6 is 0 Å². The molecular formula is C25H20ClN3O. The fraction of sp³-hybridized carbons (Fsp3) is 0.200. The number of fused-ring (bicyclic) bond motifs is 4. The molecule has 4 nitrogen and oxygen atoms in total. The number of rotatable bonds is 1. The Bertz CT molecular complexity index is 1350. The van der Waals surface area contributed by atoms with Gasteiger partial charge in [0.25, 0.3) is 0 Å². The van der Waals surface area contributed by atoms with Gasteiger partial charge >= 0.3 is 5.69 Å². The maximum atomic E-state index is 13.3. The Morgan fingerprint density at radius 2 is 1.67 bits per heavy atom. The number of carbonyl (C=O) groups is 1. The lowest BCUT2D eigenvalue weighted by molar-refractivity contribution is -0.0000164. The molecule has 30 heavy (non-hydrogen) atoms. The zero-order chi connectivity index (χ0) is 20.2. The summed E-state index contributed by atoms with van der Waals surface area (Å²) in [4.78, 5) is 21.5. The minimum Gasteiger partial charge on any atom is -1.00 e. The molecule has 0 radical (unpaired) electrons. The highest BCUT2D eigenvalue weighted by atomic mass is 35.5. The van der Waals surface area contributed by atoms with Crippen LogP contribution in [-0.4, -0.2) is 10.8 Å². The summed E-state index contributed by atoms with van der Waals surface area (Å²) < 4.78 is 0. The smallest absolute Gasteiger partial charge is 0.385 e. The van der Waals surface area contributed by atoms with Crippen LogP contribution in [0.25, 0.3) is 37.8 Å². The predicted molar refractivity (Wildman–Crippen MR) is 116 cm³/mol. The van der Waals surface area contributed by atoms with E-state index in [0.717, 1.165) is 50.5 Å². The summed E-state index contributed by atoms with van der Waals surface area (Å²) in [6.45, 7) is 4.24. The molecule has 0 bridgehead atoms. The normalized spacial score (nSPS) is 14.8. The van der Waals surface area contributed by atoms with Gasteiger partial charge in [0.2, 0.25) is 5.39 Å². The van der Waals surface area contributed by atoms with Crippen LogP contribution in [0.1, 0.15) is 36.3 Å². The van der Waals surface area contributed by atoms with Crippen LogP contribution in [0, 0.1) is 10.8 Å². The van der Waals surface area contributed by atoms with E-state index in [1.54, 1.807) is 12.1 Å². The number of hydrogen-bond donors (Lipinski definition) is 0. The van der Waals surface area contributed by atoms with Crippen LogP contribution < -0.4 is 12.4 Å². The van der Waals surface area contributed by atoms with Gasteiger partial charge in [-0.3, -0.25) is 9.78 Å². The first-order chi connectivity index (χ1) is 14.0. The van der Waals surface area contributed by atoms with Gasteiger partial charge < -0.3 is 12.4 Å². The van der Waals surface area contributed by atoms with E-state index in [0.29, 0.717) is 12.1 Å². The minimum absolute atomic E-state index is 0. The molecule has 0 amide bonds. The molecule has 1 heterocycles. The second kappa shape index (κ2) is 7.19. The summed E-state index contributed by atoms with van der Waals surface area (Å²) in [5.41, 5.74) is 4.77. The number of Topliss-reactive ketones (excluding diaryl/α,β-unsaturated/α-hetero) is 1. The van der Waals surface area contributed by atoms with Crippen LogP contribution in [0.4, 0.5) is 5.69 Å². The van der Waals surface area contributed by atoms with Crippen LogP contribution in [0.3, 0.4) is 0 Å². The zero-order valence-electron chi connectivity index (χ0n) is 16.8. The standard InChI is InChI=1S/C25H20N3O.ClH/c1-25(2)13-20-24(21(29)14-25)22(16-7-10-17(28-26)11-8-16)23-18-6-4-3-5-15(18)9-12-19(23)27-20;/h3-12H,13-14H2,1-2H3;1H/q+1;/p-1. The average molecular weight is 414 g/mol. The molecule has 4 aromatic rings. The molecule has 5 heteroatoms. The molecule has 148 valence electrons. The highest BCUT2D eigenvalue weighted by molar-refractivity contribution is 6.19. The monoisotopic (exact) mass is 413 g/mol. The molecule has 0 unspecified atom stereocenters. The van der Waals surface area contributed by atoms with E-state index in [1.165, 1.54) is 0 Å². The number of hydrogen-bond acceptors (Lipinski definition) is 3. The Balaban J connectivity index is 0.00000218. The van der Waals surface area contributed by atoms with Crippen molar-refractivity contribution in [1.29, 1.82) is 5.39 Å². The second-order valence-electron chi connectivity index (χ2n) is 8.58. The molecule has 0 atom stereocenters. The molecule has 0 fully saturated rings. The number of pyridine rings is 1. The summed E-state index contributed by atoms with van der Waals surface area (Å²) >= 11 is 0. The first-order valence-electron chi connectivity index (χ1n) is 9.80. The van der Waals surface area contributed by atoms with Crippen LogP contribution in [-0.2, 0) is 6.42 Å². The fourth-order valence-electron chi connectivity index (χ4n) is 4.54. The topological polar surface area (TPSA) is 58.1 Å². The van der Waals surface area contributed by atoms with E-state index in [2.05, 4.69) is 37.0 Å². The number of ketones is 1. The molecule has 0 saturated carbocycles. The predicted octanol–water partition coefficient (Wildman–Crippen LogP) is 3.70. The van der Waals surface area contributed by atoms with E-state index in [9.17, 15) is 4.79 Å². The van der Waals surface area contributed by atoms with E-state index in [4.69, 9.17) is 10.4 Å². The molecular weight excluding hydrogens is 394 g/mol. The number of nitrogens with zero attached hydrogens (tertiary/aromatic N) is 3. The average Bonchev–Trinajstić information content (AvgIpc) is 2.71. The van der Waals surface area contributed by atoms with Crippen molar-refractivity contribution in [1.82, 2.24) is 4.98 Å². The Labute approximate surface area is 181 Å². The number of halogens is 1. The van der Waals surface area contributed by atoms with Crippen molar-refractivity contribution in [2.45, 2.75) is 26.7 Å². The second-order valence-corrected chi connectivity index (χ2v) is 8.58. The third-order valence-electron chi connectivity index (χ3n) is 5.79. The Hall–Kier alpha value is -3.29. The van der Waals surface area contributed by atoms with E-state index < -0.39 is 0 Å². The molecule has 0 spiro atoms. The number of aromatic nitrogens is 1. The van der Waals surface area contributed by atoms with Crippen LogP contribution in [0.2, 0.25) is 0 Å². The van der Waals surface area contributed by atoms with Gasteiger partial charge in [-0.15, -0.1) is 0 Å². The SMILES string of the molecule is CC1(C)CC(=O)c2c(nc3ccc4ccccc4c3c2-c2ccc([N+]#N)cc2)C1.[Cl-]. The minimum atomic E-state index is -0.0987. The summed E-state index contributed by atoms with van der Waals surface area (Å²) in [5.74, 6) is 0.143. The van der Waals surface area contributed by atoms with Gasteiger partial charge in [-0.2, -0.15) is 0 Å². The van der Waals surface area contributed by atoms with Crippen molar-refractivity contribution < 1.29 is 17.2 Å². The number of benzene rings is 3. The summed E-state index contributed by atoms with van der Waals surface area (Å²) in [6, 6.07) is 19.7. The summed E-state index contributed by atoms with van der Waals surface area (Å²) in [7, 11) is 0. The molecule has 0 aliphatic heterocycles. The lowest BCUT2D eigenvalue weighted by Gasteiger charge is -2.31. The van der Waals surface area contributed by atoms with Gasteiger partial charge in [0.15, 0.2) is 10.8 Å². The van der Waals surface area contributed by atoms with Crippen molar-refractivity contribution in [2.24, 2.45) is 5.41 Å². The maximum Gasteiger partial charge on any atom is 0.385 e. The molecule has 5 rings (SSSR count). The first-order valence-corrected chi connectivity index (χ1v) is 9.80. The van der Waals surface area contributed by atoms with Gasteiger partial charge in [-0.1, -0.05) is 44.2 Å². The van der Waals surface area contributed by atoms with E-state index in [-0.39, 0.29) is 23.6 Å².